The molecular formula is C11H11FN4O. The number of amides is 1. The molecule has 6 heteroatoms. The summed E-state index contributed by atoms with van der Waals surface area (Å²) in [6.45, 7) is 0.626. The lowest BCUT2D eigenvalue weighted by atomic mass is 10.3. The van der Waals surface area contributed by atoms with E-state index in [1.165, 1.54) is 9.42 Å². The van der Waals surface area contributed by atoms with Gasteiger partial charge in [-0.2, -0.15) is 5.10 Å². The van der Waals surface area contributed by atoms with E-state index in [0.717, 1.165) is 0 Å². The van der Waals surface area contributed by atoms with Gasteiger partial charge in [0.05, 0.1) is 6.54 Å². The van der Waals surface area contributed by atoms with Crippen molar-refractivity contribution in [3.05, 3.63) is 30.2 Å². The highest BCUT2D eigenvalue weighted by Gasteiger charge is 2.28. The van der Waals surface area contributed by atoms with E-state index in [2.05, 4.69) is 10.1 Å². The van der Waals surface area contributed by atoms with E-state index in [0.29, 0.717) is 24.3 Å². The third-order valence-electron chi connectivity index (χ3n) is 2.87. The fourth-order valence-electron chi connectivity index (χ4n) is 2.00. The molecule has 1 fully saturated rings. The average molecular weight is 234 g/mol. The fourth-order valence-corrected chi connectivity index (χ4v) is 2.00. The first-order valence-corrected chi connectivity index (χ1v) is 5.48. The molecule has 2 aromatic rings. The van der Waals surface area contributed by atoms with Crippen LogP contribution in [-0.2, 0) is 0 Å². The Morgan fingerprint density at radius 2 is 2.41 bits per heavy atom. The minimum atomic E-state index is -0.908. The maximum Gasteiger partial charge on any atom is 0.274 e. The van der Waals surface area contributed by atoms with E-state index >= 15 is 0 Å². The summed E-state index contributed by atoms with van der Waals surface area (Å²) in [5.41, 5.74) is 0.935. The molecule has 2 aromatic heterocycles. The van der Waals surface area contributed by atoms with Gasteiger partial charge in [0.1, 0.15) is 6.17 Å². The molecule has 0 bridgehead atoms. The van der Waals surface area contributed by atoms with Gasteiger partial charge >= 0.3 is 0 Å². The summed E-state index contributed by atoms with van der Waals surface area (Å²) in [5.74, 6) is -0.226. The van der Waals surface area contributed by atoms with Crippen molar-refractivity contribution in [2.75, 3.05) is 13.1 Å². The molecule has 1 amide bonds. The van der Waals surface area contributed by atoms with Crippen LogP contribution in [0.15, 0.2) is 24.5 Å². The largest absolute Gasteiger partial charge is 0.334 e. The van der Waals surface area contributed by atoms with Gasteiger partial charge in [-0.3, -0.25) is 4.79 Å². The van der Waals surface area contributed by atoms with Crippen LogP contribution in [0.3, 0.4) is 0 Å². The van der Waals surface area contributed by atoms with Gasteiger partial charge in [-0.25, -0.2) is 13.9 Å². The summed E-state index contributed by atoms with van der Waals surface area (Å²) in [5, 5.41) is 4.12. The van der Waals surface area contributed by atoms with E-state index in [1.807, 2.05) is 0 Å². The molecule has 1 aliphatic rings. The Morgan fingerprint density at radius 1 is 1.53 bits per heavy atom. The van der Waals surface area contributed by atoms with Crippen LogP contribution in [0.5, 0.6) is 0 Å². The molecule has 88 valence electrons. The number of likely N-dealkylation sites (tertiary alicyclic amines) is 1. The SMILES string of the molecule is O=C(c1cc2ncccn2n1)N1CC[C@H](F)C1. The quantitative estimate of drug-likeness (QED) is 0.737. The van der Waals surface area contributed by atoms with Gasteiger partial charge < -0.3 is 4.90 Å². The first-order valence-electron chi connectivity index (χ1n) is 5.48. The predicted molar refractivity (Wildman–Crippen MR) is 58.4 cm³/mol. The summed E-state index contributed by atoms with van der Waals surface area (Å²) < 4.78 is 14.6. The highest BCUT2D eigenvalue weighted by atomic mass is 19.1. The molecule has 1 aliphatic heterocycles. The normalized spacial score (nSPS) is 20.1. The van der Waals surface area contributed by atoms with Gasteiger partial charge in [-0.15, -0.1) is 0 Å². The maximum absolute atomic E-state index is 13.0. The maximum atomic E-state index is 13.0. The average Bonchev–Trinajstić information content (AvgIpc) is 2.93. The third-order valence-corrected chi connectivity index (χ3v) is 2.87. The Kier molecular flexibility index (Phi) is 2.28. The number of halogens is 1. The van der Waals surface area contributed by atoms with Gasteiger partial charge in [0.25, 0.3) is 5.91 Å². The number of fused-ring (bicyclic) bond motifs is 1. The van der Waals surface area contributed by atoms with Crippen LogP contribution in [0.1, 0.15) is 16.9 Å². The first kappa shape index (κ1) is 10.2. The first-order chi connectivity index (χ1) is 8.24. The van der Waals surface area contributed by atoms with Gasteiger partial charge in [0, 0.05) is 25.0 Å². The number of rotatable bonds is 1. The summed E-state index contributed by atoms with van der Waals surface area (Å²) in [4.78, 5) is 17.6. The van der Waals surface area contributed by atoms with Crippen molar-refractivity contribution in [2.45, 2.75) is 12.6 Å². The van der Waals surface area contributed by atoms with Crippen molar-refractivity contribution in [1.82, 2.24) is 19.5 Å². The molecule has 0 aromatic carbocycles. The third kappa shape index (κ3) is 1.75. The number of carbonyl (C=O) groups excluding carboxylic acids is 1. The lowest BCUT2D eigenvalue weighted by Crippen LogP contribution is -2.29. The van der Waals surface area contributed by atoms with E-state index in [-0.39, 0.29) is 12.5 Å². The Morgan fingerprint density at radius 3 is 3.12 bits per heavy atom. The number of nitrogens with zero attached hydrogens (tertiary/aromatic N) is 4. The van der Waals surface area contributed by atoms with Crippen LogP contribution in [0.25, 0.3) is 5.65 Å². The smallest absolute Gasteiger partial charge is 0.274 e. The number of hydrogen-bond acceptors (Lipinski definition) is 3. The predicted octanol–water partition coefficient (Wildman–Crippen LogP) is 0.913. The van der Waals surface area contributed by atoms with Gasteiger partial charge in [-0.05, 0) is 12.5 Å². The van der Waals surface area contributed by atoms with E-state index < -0.39 is 6.17 Å². The zero-order valence-electron chi connectivity index (χ0n) is 9.08. The van der Waals surface area contributed by atoms with Crippen LogP contribution in [0.4, 0.5) is 4.39 Å². The molecule has 3 heterocycles. The fraction of sp³-hybridized carbons (Fsp3) is 0.364. The summed E-state index contributed by atoms with van der Waals surface area (Å²) in [7, 11) is 0. The van der Waals surface area contributed by atoms with Crippen LogP contribution in [0, 0.1) is 0 Å². The molecule has 1 saturated heterocycles. The number of carbonyl (C=O) groups is 1. The Bertz CT molecular complexity index is 534. The molecule has 0 radical (unpaired) electrons. The molecule has 0 spiro atoms. The summed E-state index contributed by atoms with van der Waals surface area (Å²) in [6.07, 6.45) is 2.87. The number of alkyl halides is 1. The number of aromatic nitrogens is 3. The Labute approximate surface area is 96.9 Å². The van der Waals surface area contributed by atoms with Crippen molar-refractivity contribution in [1.29, 1.82) is 0 Å². The minimum Gasteiger partial charge on any atom is -0.334 e. The van der Waals surface area contributed by atoms with Crippen molar-refractivity contribution in [3.8, 4) is 0 Å². The Hall–Kier alpha value is -1.98. The van der Waals surface area contributed by atoms with Crippen LogP contribution >= 0.6 is 0 Å². The van der Waals surface area contributed by atoms with Gasteiger partial charge in [0.15, 0.2) is 11.3 Å². The molecule has 1 atom stereocenters. The second-order valence-electron chi connectivity index (χ2n) is 4.09. The molecule has 0 unspecified atom stereocenters. The Balaban J connectivity index is 1.90. The van der Waals surface area contributed by atoms with Gasteiger partial charge in [-0.1, -0.05) is 0 Å². The zero-order chi connectivity index (χ0) is 11.8. The van der Waals surface area contributed by atoms with E-state index in [4.69, 9.17) is 0 Å². The standard InChI is InChI=1S/C11H11FN4O/c12-8-2-5-15(7-8)11(17)9-6-10-13-3-1-4-16(10)14-9/h1,3-4,6,8H,2,5,7H2/t8-/m0/s1. The molecule has 0 N–H and O–H groups in total. The van der Waals surface area contributed by atoms with Crippen molar-refractivity contribution >= 4 is 11.6 Å². The monoisotopic (exact) mass is 234 g/mol. The van der Waals surface area contributed by atoms with Crippen LogP contribution < -0.4 is 0 Å². The van der Waals surface area contributed by atoms with Gasteiger partial charge in [0.2, 0.25) is 0 Å². The molecule has 5 nitrogen and oxygen atoms in total. The van der Waals surface area contributed by atoms with Crippen molar-refractivity contribution < 1.29 is 9.18 Å². The molecule has 0 saturated carbocycles. The highest BCUT2D eigenvalue weighted by molar-refractivity contribution is 5.93. The summed E-state index contributed by atoms with van der Waals surface area (Å²) >= 11 is 0. The molecule has 0 aliphatic carbocycles. The second kappa shape index (κ2) is 3.80. The van der Waals surface area contributed by atoms with Crippen LogP contribution in [0.2, 0.25) is 0 Å². The van der Waals surface area contributed by atoms with Crippen LogP contribution in [-0.4, -0.2) is 44.7 Å². The van der Waals surface area contributed by atoms with Crippen molar-refractivity contribution in [3.63, 3.8) is 0 Å². The van der Waals surface area contributed by atoms with Crippen molar-refractivity contribution in [2.24, 2.45) is 0 Å². The lowest BCUT2D eigenvalue weighted by molar-refractivity contribution is 0.0776. The van der Waals surface area contributed by atoms with E-state index in [1.54, 1.807) is 24.5 Å². The molecule has 17 heavy (non-hydrogen) atoms. The highest BCUT2D eigenvalue weighted by Crippen LogP contribution is 2.15. The molecular weight excluding hydrogens is 223 g/mol. The molecule has 3 rings (SSSR count). The minimum absolute atomic E-state index is 0.167. The number of hydrogen-bond donors (Lipinski definition) is 0. The second-order valence-corrected chi connectivity index (χ2v) is 4.09. The van der Waals surface area contributed by atoms with E-state index in [9.17, 15) is 9.18 Å². The topological polar surface area (TPSA) is 50.5 Å². The zero-order valence-corrected chi connectivity index (χ0v) is 9.08. The summed E-state index contributed by atoms with van der Waals surface area (Å²) in [6, 6.07) is 3.36. The lowest BCUT2D eigenvalue weighted by Gasteiger charge is -2.12.